The minimum atomic E-state index is -0.880. The third-order valence-electron chi connectivity index (χ3n) is 2.03. The average molecular weight is 175 g/mol. The first-order valence-electron chi connectivity index (χ1n) is 4.30. The molecule has 0 aromatic heterocycles. The molecule has 3 heteroatoms. The maximum atomic E-state index is 8.67. The first-order chi connectivity index (χ1) is 6.08. The molecule has 0 aromatic carbocycles. The third-order valence-corrected chi connectivity index (χ3v) is 2.03. The smallest absolute Gasteiger partial charge is 0.141 e. The molecule has 0 saturated heterocycles. The molecule has 0 amide bonds. The van der Waals surface area contributed by atoms with Crippen LogP contribution in [-0.2, 0) is 0 Å². The second-order valence-electron chi connectivity index (χ2n) is 3.48. The van der Waals surface area contributed by atoms with E-state index in [2.05, 4.69) is 6.07 Å². The standard InChI is InChI=1S/C10H13N3/c1-9(6-11)4-3-5-10(2,7-12)8-13/h9H,3-5H2,1-2H3. The Labute approximate surface area is 79.2 Å². The summed E-state index contributed by atoms with van der Waals surface area (Å²) >= 11 is 0. The van der Waals surface area contributed by atoms with Crippen LogP contribution in [0.5, 0.6) is 0 Å². The molecule has 0 heterocycles. The second-order valence-corrected chi connectivity index (χ2v) is 3.48. The topological polar surface area (TPSA) is 71.4 Å². The Morgan fingerprint density at radius 2 is 1.77 bits per heavy atom. The van der Waals surface area contributed by atoms with Gasteiger partial charge in [-0.05, 0) is 33.1 Å². The number of hydrogen-bond acceptors (Lipinski definition) is 3. The molecule has 0 spiro atoms. The molecule has 0 aliphatic heterocycles. The quantitative estimate of drug-likeness (QED) is 0.658. The van der Waals surface area contributed by atoms with Crippen molar-refractivity contribution in [2.24, 2.45) is 11.3 Å². The maximum Gasteiger partial charge on any atom is 0.141 e. The van der Waals surface area contributed by atoms with Gasteiger partial charge in [0, 0.05) is 5.92 Å². The summed E-state index contributed by atoms with van der Waals surface area (Å²) in [7, 11) is 0. The van der Waals surface area contributed by atoms with E-state index in [1.165, 1.54) is 0 Å². The van der Waals surface area contributed by atoms with Crippen LogP contribution in [0.2, 0.25) is 0 Å². The van der Waals surface area contributed by atoms with E-state index in [4.69, 9.17) is 15.8 Å². The zero-order valence-electron chi connectivity index (χ0n) is 8.04. The molecule has 68 valence electrons. The molecule has 3 nitrogen and oxygen atoms in total. The summed E-state index contributed by atoms with van der Waals surface area (Å²) < 4.78 is 0. The Morgan fingerprint density at radius 3 is 2.15 bits per heavy atom. The Bertz CT molecular complexity index is 260. The van der Waals surface area contributed by atoms with Crippen molar-refractivity contribution in [3.05, 3.63) is 0 Å². The van der Waals surface area contributed by atoms with E-state index in [0.29, 0.717) is 6.42 Å². The Balaban J connectivity index is 3.86. The van der Waals surface area contributed by atoms with Crippen LogP contribution >= 0.6 is 0 Å². The van der Waals surface area contributed by atoms with E-state index in [0.717, 1.165) is 12.8 Å². The van der Waals surface area contributed by atoms with Crippen molar-refractivity contribution in [3.63, 3.8) is 0 Å². The highest BCUT2D eigenvalue weighted by Crippen LogP contribution is 2.22. The molecule has 0 aliphatic carbocycles. The summed E-state index contributed by atoms with van der Waals surface area (Å²) in [5.41, 5.74) is -0.880. The highest BCUT2D eigenvalue weighted by Gasteiger charge is 2.22. The minimum absolute atomic E-state index is 0.0154. The predicted molar refractivity (Wildman–Crippen MR) is 48.0 cm³/mol. The van der Waals surface area contributed by atoms with E-state index >= 15 is 0 Å². The van der Waals surface area contributed by atoms with Gasteiger partial charge in [0.25, 0.3) is 0 Å². The van der Waals surface area contributed by atoms with Crippen molar-refractivity contribution in [3.8, 4) is 18.2 Å². The van der Waals surface area contributed by atoms with E-state index in [9.17, 15) is 0 Å². The zero-order valence-corrected chi connectivity index (χ0v) is 8.04. The van der Waals surface area contributed by atoms with Crippen molar-refractivity contribution in [2.75, 3.05) is 0 Å². The lowest BCUT2D eigenvalue weighted by molar-refractivity contribution is 0.469. The molecular weight excluding hydrogens is 162 g/mol. The first-order valence-corrected chi connectivity index (χ1v) is 4.30. The summed E-state index contributed by atoms with van der Waals surface area (Å²) in [6.45, 7) is 3.47. The minimum Gasteiger partial charge on any atom is -0.198 e. The monoisotopic (exact) mass is 175 g/mol. The fraction of sp³-hybridized carbons (Fsp3) is 0.700. The van der Waals surface area contributed by atoms with Crippen molar-refractivity contribution in [2.45, 2.75) is 33.1 Å². The third kappa shape index (κ3) is 4.14. The number of nitrogens with zero attached hydrogens (tertiary/aromatic N) is 3. The highest BCUT2D eigenvalue weighted by molar-refractivity contribution is 5.10. The van der Waals surface area contributed by atoms with E-state index in [1.54, 1.807) is 6.92 Å². The van der Waals surface area contributed by atoms with Gasteiger partial charge in [-0.25, -0.2) is 0 Å². The van der Waals surface area contributed by atoms with Crippen LogP contribution in [0.4, 0.5) is 0 Å². The summed E-state index contributed by atoms with van der Waals surface area (Å²) in [6.07, 6.45) is 2.06. The van der Waals surface area contributed by atoms with Crippen LogP contribution in [0.3, 0.4) is 0 Å². The lowest BCUT2D eigenvalue weighted by Crippen LogP contribution is -2.10. The van der Waals surface area contributed by atoms with Crippen LogP contribution < -0.4 is 0 Å². The molecule has 13 heavy (non-hydrogen) atoms. The van der Waals surface area contributed by atoms with Crippen molar-refractivity contribution < 1.29 is 0 Å². The van der Waals surface area contributed by atoms with Crippen LogP contribution in [0, 0.1) is 45.3 Å². The van der Waals surface area contributed by atoms with Gasteiger partial charge in [0.1, 0.15) is 5.41 Å². The molecule has 0 bridgehead atoms. The lowest BCUT2D eigenvalue weighted by atomic mass is 9.87. The number of hydrogen-bond donors (Lipinski definition) is 0. The van der Waals surface area contributed by atoms with Crippen molar-refractivity contribution >= 4 is 0 Å². The molecule has 0 aliphatic rings. The van der Waals surface area contributed by atoms with Gasteiger partial charge in [-0.2, -0.15) is 15.8 Å². The van der Waals surface area contributed by atoms with Crippen LogP contribution in [0.15, 0.2) is 0 Å². The second kappa shape index (κ2) is 5.18. The zero-order chi connectivity index (χ0) is 10.3. The molecular formula is C10H13N3. The largest absolute Gasteiger partial charge is 0.198 e. The summed E-state index contributed by atoms with van der Waals surface area (Å²) in [5.74, 6) is 0.0154. The number of rotatable bonds is 4. The van der Waals surface area contributed by atoms with Crippen molar-refractivity contribution in [1.82, 2.24) is 0 Å². The van der Waals surface area contributed by atoms with Gasteiger partial charge < -0.3 is 0 Å². The first kappa shape index (κ1) is 11.5. The maximum absolute atomic E-state index is 8.67. The van der Waals surface area contributed by atoms with Crippen LogP contribution in [-0.4, -0.2) is 0 Å². The van der Waals surface area contributed by atoms with Gasteiger partial charge >= 0.3 is 0 Å². The molecule has 0 aromatic rings. The normalized spacial score (nSPS) is 12.2. The van der Waals surface area contributed by atoms with Gasteiger partial charge in [-0.1, -0.05) is 0 Å². The van der Waals surface area contributed by atoms with E-state index in [1.807, 2.05) is 19.1 Å². The lowest BCUT2D eigenvalue weighted by Gasteiger charge is -2.11. The molecule has 0 fully saturated rings. The van der Waals surface area contributed by atoms with Gasteiger partial charge in [0.15, 0.2) is 0 Å². The van der Waals surface area contributed by atoms with Gasteiger partial charge in [-0.15, -0.1) is 0 Å². The van der Waals surface area contributed by atoms with Crippen molar-refractivity contribution in [1.29, 1.82) is 15.8 Å². The molecule has 1 atom stereocenters. The predicted octanol–water partition coefficient (Wildman–Crippen LogP) is 2.37. The Morgan fingerprint density at radius 1 is 1.23 bits per heavy atom. The molecule has 0 N–H and O–H groups in total. The summed E-state index contributed by atoms with van der Waals surface area (Å²) in [5, 5.41) is 25.8. The SMILES string of the molecule is CC(C#N)CCCC(C)(C#N)C#N. The van der Waals surface area contributed by atoms with E-state index in [-0.39, 0.29) is 5.92 Å². The van der Waals surface area contributed by atoms with Gasteiger partial charge in [0.2, 0.25) is 0 Å². The van der Waals surface area contributed by atoms with Crippen LogP contribution in [0.1, 0.15) is 33.1 Å². The molecule has 0 saturated carbocycles. The van der Waals surface area contributed by atoms with E-state index < -0.39 is 5.41 Å². The molecule has 0 rings (SSSR count). The van der Waals surface area contributed by atoms with Gasteiger partial charge in [-0.3, -0.25) is 0 Å². The highest BCUT2D eigenvalue weighted by atomic mass is 14.4. The Hall–Kier alpha value is -1.53. The molecule has 0 radical (unpaired) electrons. The van der Waals surface area contributed by atoms with Gasteiger partial charge in [0.05, 0.1) is 18.2 Å². The fourth-order valence-electron chi connectivity index (χ4n) is 0.963. The summed E-state index contributed by atoms with van der Waals surface area (Å²) in [4.78, 5) is 0. The average Bonchev–Trinajstić information content (AvgIpc) is 2.17. The van der Waals surface area contributed by atoms with Crippen LogP contribution in [0.25, 0.3) is 0 Å². The Kier molecular flexibility index (Phi) is 4.57. The number of nitriles is 3. The summed E-state index contributed by atoms with van der Waals surface area (Å²) in [6, 6.07) is 6.07. The fourth-order valence-corrected chi connectivity index (χ4v) is 0.963. The molecule has 1 unspecified atom stereocenters.